The third kappa shape index (κ3) is 2.38. The molecule has 0 amide bonds. The number of nitrogen functional groups attached to an aromatic ring is 1. The Balaban J connectivity index is 2.31. The number of aromatic nitrogens is 2. The van der Waals surface area contributed by atoms with Gasteiger partial charge in [-0.2, -0.15) is 0 Å². The van der Waals surface area contributed by atoms with Gasteiger partial charge in [0, 0.05) is 10.5 Å². The fraction of sp³-hybridized carbons (Fsp3) is 0.188. The van der Waals surface area contributed by atoms with Gasteiger partial charge in [-0.3, -0.25) is 4.57 Å². The van der Waals surface area contributed by atoms with Crippen molar-refractivity contribution in [2.75, 3.05) is 12.8 Å². The van der Waals surface area contributed by atoms with Crippen molar-refractivity contribution in [2.45, 2.75) is 13.3 Å². The second-order valence-electron chi connectivity index (χ2n) is 4.79. The Kier molecular flexibility index (Phi) is 3.59. The van der Waals surface area contributed by atoms with E-state index in [-0.39, 0.29) is 0 Å². The van der Waals surface area contributed by atoms with Gasteiger partial charge in [-0.1, -0.05) is 22.9 Å². The third-order valence-electron chi connectivity index (χ3n) is 3.55. The van der Waals surface area contributed by atoms with Crippen molar-refractivity contribution in [1.82, 2.24) is 9.55 Å². The van der Waals surface area contributed by atoms with E-state index in [9.17, 15) is 0 Å². The maximum atomic E-state index is 6.14. The first-order valence-electron chi connectivity index (χ1n) is 6.74. The second kappa shape index (κ2) is 5.41. The molecule has 21 heavy (non-hydrogen) atoms. The van der Waals surface area contributed by atoms with Crippen LogP contribution in [0.1, 0.15) is 12.5 Å². The van der Waals surface area contributed by atoms with E-state index in [1.807, 2.05) is 28.8 Å². The molecule has 0 radical (unpaired) electrons. The number of hydrogen-bond acceptors (Lipinski definition) is 3. The summed E-state index contributed by atoms with van der Waals surface area (Å²) >= 11 is 3.52. The largest absolute Gasteiger partial charge is 0.497 e. The molecular weight excluding hydrogens is 330 g/mol. The Morgan fingerprint density at radius 2 is 2.05 bits per heavy atom. The molecule has 2 N–H and O–H groups in total. The zero-order valence-electron chi connectivity index (χ0n) is 11.9. The zero-order chi connectivity index (χ0) is 15.0. The topological polar surface area (TPSA) is 53.1 Å². The van der Waals surface area contributed by atoms with Crippen LogP contribution >= 0.6 is 15.9 Å². The summed E-state index contributed by atoms with van der Waals surface area (Å²) in [6.07, 6.45) is 0.915. The van der Waals surface area contributed by atoms with Crippen LogP contribution in [0.5, 0.6) is 5.75 Å². The standard InChI is InChI=1S/C16H16BrN3O/c1-3-10-8-11(17)4-7-14(10)20-15-9-12(21-2)5-6-13(15)19-16(20)18/h4-9H,3H2,1-2H3,(H2,18,19). The lowest BCUT2D eigenvalue weighted by Gasteiger charge is -2.12. The molecule has 3 rings (SSSR count). The van der Waals surface area contributed by atoms with Crippen LogP contribution in [0, 0.1) is 0 Å². The van der Waals surface area contributed by atoms with E-state index in [2.05, 4.69) is 40.0 Å². The SMILES string of the molecule is CCc1cc(Br)ccc1-n1c(N)nc2ccc(OC)cc21. The lowest BCUT2D eigenvalue weighted by Crippen LogP contribution is -2.03. The van der Waals surface area contributed by atoms with Crippen molar-refractivity contribution in [3.63, 3.8) is 0 Å². The summed E-state index contributed by atoms with van der Waals surface area (Å²) in [4.78, 5) is 4.44. The minimum atomic E-state index is 0.482. The van der Waals surface area contributed by atoms with E-state index >= 15 is 0 Å². The van der Waals surface area contributed by atoms with Gasteiger partial charge >= 0.3 is 0 Å². The van der Waals surface area contributed by atoms with Gasteiger partial charge in [0.25, 0.3) is 0 Å². The van der Waals surface area contributed by atoms with E-state index < -0.39 is 0 Å². The highest BCUT2D eigenvalue weighted by molar-refractivity contribution is 9.10. The number of imidazole rings is 1. The summed E-state index contributed by atoms with van der Waals surface area (Å²) in [5.74, 6) is 1.27. The van der Waals surface area contributed by atoms with Gasteiger partial charge in [-0.25, -0.2) is 4.98 Å². The number of methoxy groups -OCH3 is 1. The number of hydrogen-bond donors (Lipinski definition) is 1. The van der Waals surface area contributed by atoms with Crippen LogP contribution in [0.25, 0.3) is 16.7 Å². The third-order valence-corrected chi connectivity index (χ3v) is 4.04. The lowest BCUT2D eigenvalue weighted by molar-refractivity contribution is 0.415. The number of anilines is 1. The van der Waals surface area contributed by atoms with Gasteiger partial charge in [0.2, 0.25) is 5.95 Å². The first-order valence-corrected chi connectivity index (χ1v) is 7.54. The summed E-state index contributed by atoms with van der Waals surface area (Å²) in [6.45, 7) is 2.13. The maximum Gasteiger partial charge on any atom is 0.205 e. The molecule has 0 unspecified atom stereocenters. The number of nitrogens with zero attached hydrogens (tertiary/aromatic N) is 2. The Hall–Kier alpha value is -2.01. The number of ether oxygens (including phenoxy) is 1. The average molecular weight is 346 g/mol. The average Bonchev–Trinajstić information content (AvgIpc) is 2.82. The van der Waals surface area contributed by atoms with Crippen LogP contribution in [0.2, 0.25) is 0 Å². The zero-order valence-corrected chi connectivity index (χ0v) is 13.5. The molecule has 108 valence electrons. The van der Waals surface area contributed by atoms with E-state index in [1.165, 1.54) is 5.56 Å². The van der Waals surface area contributed by atoms with Crippen molar-refractivity contribution < 1.29 is 4.74 Å². The molecule has 0 spiro atoms. The molecule has 5 heteroatoms. The summed E-state index contributed by atoms with van der Waals surface area (Å²) in [6, 6.07) is 12.0. The molecule has 0 aliphatic carbocycles. The van der Waals surface area contributed by atoms with Crippen LogP contribution in [0.4, 0.5) is 5.95 Å². The Morgan fingerprint density at radius 1 is 1.24 bits per heavy atom. The molecule has 0 saturated carbocycles. The van der Waals surface area contributed by atoms with E-state index in [1.54, 1.807) is 7.11 Å². The molecule has 0 fully saturated rings. The van der Waals surface area contributed by atoms with Crippen LogP contribution < -0.4 is 10.5 Å². The molecule has 0 aliphatic rings. The fourth-order valence-corrected chi connectivity index (χ4v) is 2.92. The van der Waals surface area contributed by atoms with E-state index in [0.717, 1.165) is 33.4 Å². The molecule has 0 saturated heterocycles. The van der Waals surface area contributed by atoms with E-state index in [0.29, 0.717) is 5.95 Å². The molecule has 4 nitrogen and oxygen atoms in total. The molecule has 1 aromatic heterocycles. The van der Waals surface area contributed by atoms with Gasteiger partial charge in [0.15, 0.2) is 0 Å². The highest BCUT2D eigenvalue weighted by atomic mass is 79.9. The summed E-state index contributed by atoms with van der Waals surface area (Å²) < 4.78 is 8.34. The first-order chi connectivity index (χ1) is 10.1. The van der Waals surface area contributed by atoms with Crippen molar-refractivity contribution in [3.8, 4) is 11.4 Å². The Morgan fingerprint density at radius 3 is 2.76 bits per heavy atom. The molecule has 0 atom stereocenters. The molecule has 0 aliphatic heterocycles. The number of halogens is 1. The van der Waals surface area contributed by atoms with Crippen LogP contribution in [-0.4, -0.2) is 16.7 Å². The minimum absolute atomic E-state index is 0.482. The van der Waals surface area contributed by atoms with Gasteiger partial charge in [-0.05, 0) is 42.3 Å². The highest BCUT2D eigenvalue weighted by Crippen LogP contribution is 2.29. The summed E-state index contributed by atoms with van der Waals surface area (Å²) in [5, 5.41) is 0. The fourth-order valence-electron chi connectivity index (χ4n) is 2.51. The quantitative estimate of drug-likeness (QED) is 0.782. The number of benzene rings is 2. The maximum absolute atomic E-state index is 6.14. The smallest absolute Gasteiger partial charge is 0.205 e. The van der Waals surface area contributed by atoms with Crippen molar-refractivity contribution in [1.29, 1.82) is 0 Å². The van der Waals surface area contributed by atoms with Crippen LogP contribution in [0.15, 0.2) is 40.9 Å². The Bertz CT molecular complexity index is 811. The van der Waals surface area contributed by atoms with Crippen molar-refractivity contribution >= 4 is 32.9 Å². The van der Waals surface area contributed by atoms with Crippen molar-refractivity contribution in [3.05, 3.63) is 46.4 Å². The van der Waals surface area contributed by atoms with Gasteiger partial charge in [0.1, 0.15) is 5.75 Å². The number of rotatable bonds is 3. The van der Waals surface area contributed by atoms with Gasteiger partial charge < -0.3 is 10.5 Å². The molecule has 0 bridgehead atoms. The predicted octanol–water partition coefficient (Wildman–Crippen LogP) is 3.94. The molecule has 2 aromatic carbocycles. The summed E-state index contributed by atoms with van der Waals surface area (Å²) in [5.41, 5.74) is 10.2. The van der Waals surface area contributed by atoms with E-state index in [4.69, 9.17) is 10.5 Å². The first kappa shape index (κ1) is 13.9. The van der Waals surface area contributed by atoms with Gasteiger partial charge in [-0.15, -0.1) is 0 Å². The second-order valence-corrected chi connectivity index (χ2v) is 5.70. The summed E-state index contributed by atoms with van der Waals surface area (Å²) in [7, 11) is 1.66. The number of fused-ring (bicyclic) bond motifs is 1. The van der Waals surface area contributed by atoms with Crippen LogP contribution in [0.3, 0.4) is 0 Å². The minimum Gasteiger partial charge on any atom is -0.497 e. The van der Waals surface area contributed by atoms with Gasteiger partial charge in [0.05, 0.1) is 23.8 Å². The molecule has 3 aromatic rings. The highest BCUT2D eigenvalue weighted by Gasteiger charge is 2.13. The Labute approximate surface area is 131 Å². The van der Waals surface area contributed by atoms with Crippen LogP contribution in [-0.2, 0) is 6.42 Å². The number of aryl methyl sites for hydroxylation is 1. The predicted molar refractivity (Wildman–Crippen MR) is 89.1 cm³/mol. The normalized spacial score (nSPS) is 11.0. The monoisotopic (exact) mass is 345 g/mol. The lowest BCUT2D eigenvalue weighted by atomic mass is 10.1. The number of nitrogens with two attached hydrogens (primary N) is 1. The molecule has 1 heterocycles. The molecular formula is C16H16BrN3O. The van der Waals surface area contributed by atoms with Crippen molar-refractivity contribution in [2.24, 2.45) is 0 Å².